The number of hydrogen-bond acceptors (Lipinski definition) is 2. The minimum Gasteiger partial charge on any atom is -0.212 e. The van der Waals surface area contributed by atoms with E-state index in [-0.39, 0.29) is 5.54 Å². The summed E-state index contributed by atoms with van der Waals surface area (Å²) in [5, 5.41) is 0. The molecular formula is C9H17NO2S. The van der Waals surface area contributed by atoms with E-state index in [1.165, 1.54) is 6.42 Å². The zero-order valence-corrected chi connectivity index (χ0v) is 8.94. The molecular weight excluding hydrogens is 186 g/mol. The normalized spacial score (nSPS) is 26.8. The van der Waals surface area contributed by atoms with Crippen LogP contribution in [-0.2, 0) is 10.0 Å². The Labute approximate surface area is 80.2 Å². The Kier molecular flexibility index (Phi) is 2.15. The molecule has 0 atom stereocenters. The van der Waals surface area contributed by atoms with Gasteiger partial charge in [0.15, 0.2) is 0 Å². The van der Waals surface area contributed by atoms with Crippen LogP contribution in [0, 0.1) is 0 Å². The number of rotatable bonds is 3. The van der Waals surface area contributed by atoms with Crippen LogP contribution in [0.2, 0.25) is 0 Å². The monoisotopic (exact) mass is 203 g/mol. The second-order valence-corrected chi connectivity index (χ2v) is 6.23. The van der Waals surface area contributed by atoms with Gasteiger partial charge in [-0.05, 0) is 32.1 Å². The SMILES string of the molecule is CCCS(=O)(=O)N1CCC12CCC2. The van der Waals surface area contributed by atoms with Gasteiger partial charge in [-0.1, -0.05) is 6.92 Å². The fourth-order valence-electron chi connectivity index (χ4n) is 2.41. The van der Waals surface area contributed by atoms with Crippen LogP contribution in [0.5, 0.6) is 0 Å². The van der Waals surface area contributed by atoms with Gasteiger partial charge in [0.05, 0.1) is 5.75 Å². The molecule has 1 saturated carbocycles. The molecule has 0 aromatic carbocycles. The van der Waals surface area contributed by atoms with Crippen molar-refractivity contribution in [3.63, 3.8) is 0 Å². The zero-order valence-electron chi connectivity index (χ0n) is 8.12. The highest BCUT2D eigenvalue weighted by atomic mass is 32.2. The summed E-state index contributed by atoms with van der Waals surface area (Å²) in [6, 6.07) is 0. The molecule has 0 aromatic heterocycles. The van der Waals surface area contributed by atoms with Gasteiger partial charge < -0.3 is 0 Å². The van der Waals surface area contributed by atoms with Crippen LogP contribution < -0.4 is 0 Å². The van der Waals surface area contributed by atoms with Crippen molar-refractivity contribution in [2.75, 3.05) is 12.3 Å². The van der Waals surface area contributed by atoms with Gasteiger partial charge in [-0.3, -0.25) is 0 Å². The average molecular weight is 203 g/mol. The van der Waals surface area contributed by atoms with E-state index < -0.39 is 10.0 Å². The van der Waals surface area contributed by atoms with Crippen LogP contribution in [0.4, 0.5) is 0 Å². The molecule has 0 aromatic rings. The van der Waals surface area contributed by atoms with Gasteiger partial charge in [0.1, 0.15) is 0 Å². The van der Waals surface area contributed by atoms with Gasteiger partial charge in [0, 0.05) is 12.1 Å². The van der Waals surface area contributed by atoms with Crippen molar-refractivity contribution in [2.24, 2.45) is 0 Å². The van der Waals surface area contributed by atoms with Crippen molar-refractivity contribution in [1.82, 2.24) is 4.31 Å². The summed E-state index contributed by atoms with van der Waals surface area (Å²) in [5.41, 5.74) is 0.0913. The molecule has 2 fully saturated rings. The van der Waals surface area contributed by atoms with Crippen LogP contribution in [0.1, 0.15) is 39.0 Å². The molecule has 2 rings (SSSR count). The first-order chi connectivity index (χ1) is 6.11. The van der Waals surface area contributed by atoms with Crippen LogP contribution in [0.3, 0.4) is 0 Å². The van der Waals surface area contributed by atoms with Gasteiger partial charge in [-0.15, -0.1) is 0 Å². The third-order valence-corrected chi connectivity index (χ3v) is 5.56. The molecule has 0 N–H and O–H groups in total. The van der Waals surface area contributed by atoms with Crippen molar-refractivity contribution < 1.29 is 8.42 Å². The molecule has 1 aliphatic carbocycles. The van der Waals surface area contributed by atoms with E-state index >= 15 is 0 Å². The summed E-state index contributed by atoms with van der Waals surface area (Å²) < 4.78 is 25.3. The lowest BCUT2D eigenvalue weighted by molar-refractivity contribution is -0.00290. The molecule has 0 unspecified atom stereocenters. The van der Waals surface area contributed by atoms with E-state index in [1.54, 1.807) is 4.31 Å². The summed E-state index contributed by atoms with van der Waals surface area (Å²) >= 11 is 0. The van der Waals surface area contributed by atoms with E-state index in [4.69, 9.17) is 0 Å². The minimum absolute atomic E-state index is 0.0913. The van der Waals surface area contributed by atoms with Gasteiger partial charge in [0.2, 0.25) is 10.0 Å². The van der Waals surface area contributed by atoms with E-state index in [1.807, 2.05) is 6.92 Å². The van der Waals surface area contributed by atoms with Crippen LogP contribution in [0.15, 0.2) is 0 Å². The molecule has 76 valence electrons. The first kappa shape index (κ1) is 9.46. The molecule has 0 radical (unpaired) electrons. The summed E-state index contributed by atoms with van der Waals surface area (Å²) in [7, 11) is -2.91. The maximum atomic E-state index is 11.7. The lowest BCUT2D eigenvalue weighted by Gasteiger charge is -2.57. The Bertz CT molecular complexity index is 287. The van der Waals surface area contributed by atoms with Gasteiger partial charge in [0.25, 0.3) is 0 Å². The molecule has 1 saturated heterocycles. The van der Waals surface area contributed by atoms with E-state index in [0.29, 0.717) is 5.75 Å². The fourth-order valence-corrected chi connectivity index (χ4v) is 4.38. The number of nitrogens with zero attached hydrogens (tertiary/aromatic N) is 1. The molecule has 1 spiro atoms. The minimum atomic E-state index is -2.91. The zero-order chi connectivity index (χ0) is 9.53. The summed E-state index contributed by atoms with van der Waals surface area (Å²) in [4.78, 5) is 0. The first-order valence-corrected chi connectivity index (χ1v) is 6.72. The highest BCUT2D eigenvalue weighted by Crippen LogP contribution is 2.48. The predicted octanol–water partition coefficient (Wildman–Crippen LogP) is 1.35. The number of sulfonamides is 1. The third-order valence-electron chi connectivity index (χ3n) is 3.39. The maximum absolute atomic E-state index is 11.7. The van der Waals surface area contributed by atoms with Crippen molar-refractivity contribution in [3.05, 3.63) is 0 Å². The van der Waals surface area contributed by atoms with Crippen LogP contribution >= 0.6 is 0 Å². The smallest absolute Gasteiger partial charge is 0.212 e. The highest BCUT2D eigenvalue weighted by Gasteiger charge is 2.53. The van der Waals surface area contributed by atoms with Crippen LogP contribution in [-0.4, -0.2) is 30.6 Å². The second kappa shape index (κ2) is 2.95. The topological polar surface area (TPSA) is 37.4 Å². The maximum Gasteiger partial charge on any atom is 0.214 e. The van der Waals surface area contributed by atoms with Crippen molar-refractivity contribution in [2.45, 2.75) is 44.6 Å². The molecule has 0 bridgehead atoms. The quantitative estimate of drug-likeness (QED) is 0.694. The second-order valence-electron chi connectivity index (χ2n) is 4.22. The molecule has 13 heavy (non-hydrogen) atoms. The standard InChI is InChI=1S/C9H17NO2S/c1-2-8-13(11,12)10-7-6-9(10)4-3-5-9/h2-8H2,1H3. The average Bonchev–Trinajstić information content (AvgIpc) is 1.78. The third kappa shape index (κ3) is 1.31. The molecule has 1 heterocycles. The largest absolute Gasteiger partial charge is 0.214 e. The molecule has 3 nitrogen and oxygen atoms in total. The fraction of sp³-hybridized carbons (Fsp3) is 1.00. The number of hydrogen-bond donors (Lipinski definition) is 0. The molecule has 0 amide bonds. The highest BCUT2D eigenvalue weighted by molar-refractivity contribution is 7.89. The molecule has 2 aliphatic rings. The van der Waals surface area contributed by atoms with Crippen molar-refractivity contribution >= 4 is 10.0 Å². The summed E-state index contributed by atoms with van der Waals surface area (Å²) in [5.74, 6) is 0.328. The Morgan fingerprint density at radius 2 is 2.00 bits per heavy atom. The lowest BCUT2D eigenvalue weighted by atomic mass is 9.70. The predicted molar refractivity (Wildman–Crippen MR) is 52.0 cm³/mol. The van der Waals surface area contributed by atoms with E-state index in [2.05, 4.69) is 0 Å². The van der Waals surface area contributed by atoms with Gasteiger partial charge >= 0.3 is 0 Å². The Morgan fingerprint density at radius 1 is 1.31 bits per heavy atom. The van der Waals surface area contributed by atoms with Crippen LogP contribution in [0.25, 0.3) is 0 Å². The Balaban J connectivity index is 2.09. The summed E-state index contributed by atoms with van der Waals surface area (Å²) in [6.07, 6.45) is 5.22. The van der Waals surface area contributed by atoms with Gasteiger partial charge in [-0.2, -0.15) is 4.31 Å². The van der Waals surface area contributed by atoms with Crippen molar-refractivity contribution in [1.29, 1.82) is 0 Å². The van der Waals surface area contributed by atoms with Crippen molar-refractivity contribution in [3.8, 4) is 0 Å². The van der Waals surface area contributed by atoms with Gasteiger partial charge in [-0.25, -0.2) is 8.42 Å². The van der Waals surface area contributed by atoms with E-state index in [0.717, 1.165) is 32.2 Å². The van der Waals surface area contributed by atoms with E-state index in [9.17, 15) is 8.42 Å². The molecule has 4 heteroatoms. The molecule has 1 aliphatic heterocycles. The first-order valence-electron chi connectivity index (χ1n) is 5.11. The Morgan fingerprint density at radius 3 is 2.31 bits per heavy atom. The summed E-state index contributed by atoms with van der Waals surface area (Å²) in [6.45, 7) is 2.69. The lowest BCUT2D eigenvalue weighted by Crippen LogP contribution is -2.65. The Hall–Kier alpha value is -0.0900.